The Balaban J connectivity index is 1.55. The van der Waals surface area contributed by atoms with E-state index >= 15 is 0 Å². The summed E-state index contributed by atoms with van der Waals surface area (Å²) in [5.41, 5.74) is 1.13. The summed E-state index contributed by atoms with van der Waals surface area (Å²) in [6.07, 6.45) is 7.30. The monoisotopic (exact) mass is 359 g/mol. The highest BCUT2D eigenvalue weighted by Crippen LogP contribution is 2.34. The summed E-state index contributed by atoms with van der Waals surface area (Å²) in [7, 11) is 0. The molecular formula is C21H29NO4. The van der Waals surface area contributed by atoms with Gasteiger partial charge in [-0.15, -0.1) is 0 Å². The van der Waals surface area contributed by atoms with Crippen molar-refractivity contribution < 1.29 is 19.1 Å². The number of benzene rings is 1. The highest BCUT2D eigenvalue weighted by Gasteiger charge is 2.28. The van der Waals surface area contributed by atoms with Gasteiger partial charge < -0.3 is 14.8 Å². The molecule has 26 heavy (non-hydrogen) atoms. The van der Waals surface area contributed by atoms with Crippen LogP contribution in [-0.2, 0) is 19.1 Å². The van der Waals surface area contributed by atoms with Crippen LogP contribution in [0.25, 0.3) is 0 Å². The molecule has 2 fully saturated rings. The molecule has 1 saturated carbocycles. The van der Waals surface area contributed by atoms with Crippen LogP contribution in [-0.4, -0.2) is 31.7 Å². The molecule has 3 rings (SSSR count). The largest absolute Gasteiger partial charge is 0.455 e. The van der Waals surface area contributed by atoms with Crippen molar-refractivity contribution in [1.29, 1.82) is 0 Å². The Hall–Kier alpha value is -1.88. The molecule has 1 aromatic rings. The number of hydrogen-bond donors (Lipinski definition) is 1. The van der Waals surface area contributed by atoms with Gasteiger partial charge in [0.05, 0.1) is 12.0 Å². The Kier molecular flexibility index (Phi) is 7.06. The second kappa shape index (κ2) is 9.72. The number of amides is 1. The molecule has 1 atom stereocenters. The van der Waals surface area contributed by atoms with Gasteiger partial charge >= 0.3 is 5.97 Å². The van der Waals surface area contributed by atoms with Crippen LogP contribution in [0.2, 0.25) is 0 Å². The van der Waals surface area contributed by atoms with E-state index in [4.69, 9.17) is 9.47 Å². The maximum Gasteiger partial charge on any atom is 0.309 e. The molecule has 1 aliphatic carbocycles. The zero-order chi connectivity index (χ0) is 18.2. The highest BCUT2D eigenvalue weighted by atomic mass is 16.5. The number of esters is 1. The fourth-order valence-corrected chi connectivity index (χ4v) is 4.00. The minimum Gasteiger partial charge on any atom is -0.455 e. The van der Waals surface area contributed by atoms with Gasteiger partial charge in [-0.3, -0.25) is 9.59 Å². The number of carbonyl (C=O) groups is 2. The number of nitrogens with one attached hydrogen (secondary N) is 1. The molecule has 0 aromatic heterocycles. The standard InChI is InChI=1S/C21H29NO4/c23-19(15-26-21(24)18-11-13-25-14-12-18)22-20(16-7-3-1-4-8-16)17-9-5-2-6-10-17/h1,3-4,7-8,17-18,20H,2,5-6,9-15H2,(H,22,23). The summed E-state index contributed by atoms with van der Waals surface area (Å²) >= 11 is 0. The Bertz CT molecular complexity index is 577. The molecule has 0 radical (unpaired) electrons. The third-order valence-corrected chi connectivity index (χ3v) is 5.50. The molecule has 0 spiro atoms. The van der Waals surface area contributed by atoms with E-state index in [1.54, 1.807) is 0 Å². The van der Waals surface area contributed by atoms with Crippen LogP contribution in [0.4, 0.5) is 0 Å². The van der Waals surface area contributed by atoms with Crippen LogP contribution in [0.3, 0.4) is 0 Å². The summed E-state index contributed by atoms with van der Waals surface area (Å²) in [6, 6.07) is 10.1. The summed E-state index contributed by atoms with van der Waals surface area (Å²) < 4.78 is 10.5. The Labute approximate surface area is 155 Å². The van der Waals surface area contributed by atoms with Crippen molar-refractivity contribution in [2.45, 2.75) is 51.0 Å². The highest BCUT2D eigenvalue weighted by molar-refractivity contribution is 5.81. The Morgan fingerprint density at radius 1 is 1.04 bits per heavy atom. The smallest absolute Gasteiger partial charge is 0.309 e. The van der Waals surface area contributed by atoms with E-state index < -0.39 is 0 Å². The first-order valence-electron chi connectivity index (χ1n) is 9.82. The lowest BCUT2D eigenvalue weighted by Crippen LogP contribution is -2.37. The van der Waals surface area contributed by atoms with Crippen LogP contribution >= 0.6 is 0 Å². The van der Waals surface area contributed by atoms with E-state index in [1.807, 2.05) is 18.2 Å². The van der Waals surface area contributed by atoms with Crippen molar-refractivity contribution in [3.8, 4) is 0 Å². The SMILES string of the molecule is O=C(COC(=O)C1CCOCC1)NC(c1ccccc1)C1CCCCC1. The van der Waals surface area contributed by atoms with Crippen molar-refractivity contribution in [1.82, 2.24) is 5.32 Å². The lowest BCUT2D eigenvalue weighted by Gasteiger charge is -2.31. The van der Waals surface area contributed by atoms with E-state index in [9.17, 15) is 9.59 Å². The zero-order valence-electron chi connectivity index (χ0n) is 15.3. The topological polar surface area (TPSA) is 64.6 Å². The fourth-order valence-electron chi connectivity index (χ4n) is 4.00. The van der Waals surface area contributed by atoms with E-state index in [1.165, 1.54) is 19.3 Å². The molecule has 1 N–H and O–H groups in total. The van der Waals surface area contributed by atoms with Crippen molar-refractivity contribution in [2.24, 2.45) is 11.8 Å². The first kappa shape index (κ1) is 18.9. The van der Waals surface area contributed by atoms with Gasteiger partial charge in [-0.05, 0) is 37.2 Å². The summed E-state index contributed by atoms with van der Waals surface area (Å²) in [6.45, 7) is 0.972. The number of rotatable bonds is 6. The molecule has 1 aromatic carbocycles. The summed E-state index contributed by atoms with van der Waals surface area (Å²) in [5, 5.41) is 3.12. The first-order valence-corrected chi connectivity index (χ1v) is 9.82. The van der Waals surface area contributed by atoms with Crippen LogP contribution in [0, 0.1) is 11.8 Å². The minimum atomic E-state index is -0.280. The third kappa shape index (κ3) is 5.31. The van der Waals surface area contributed by atoms with Crippen molar-refractivity contribution in [3.05, 3.63) is 35.9 Å². The van der Waals surface area contributed by atoms with Gasteiger partial charge in [0.1, 0.15) is 0 Å². The number of hydrogen-bond acceptors (Lipinski definition) is 4. The normalized spacial score (nSPS) is 20.3. The maximum atomic E-state index is 12.4. The molecule has 5 heteroatoms. The quantitative estimate of drug-likeness (QED) is 0.791. The molecular weight excluding hydrogens is 330 g/mol. The first-order chi connectivity index (χ1) is 12.7. The minimum absolute atomic E-state index is 0.00853. The molecule has 1 amide bonds. The maximum absolute atomic E-state index is 12.4. The van der Waals surface area contributed by atoms with Gasteiger partial charge in [0.2, 0.25) is 0 Å². The van der Waals surface area contributed by atoms with Gasteiger partial charge in [0.15, 0.2) is 6.61 Å². The van der Waals surface area contributed by atoms with Crippen molar-refractivity contribution in [2.75, 3.05) is 19.8 Å². The zero-order valence-corrected chi connectivity index (χ0v) is 15.3. The molecule has 1 saturated heterocycles. The van der Waals surface area contributed by atoms with Crippen LogP contribution in [0.1, 0.15) is 56.6 Å². The summed E-state index contributed by atoms with van der Waals surface area (Å²) in [5.74, 6) is -0.191. The average molecular weight is 359 g/mol. The molecule has 1 heterocycles. The predicted octanol–water partition coefficient (Wildman–Crippen LogP) is 3.39. The fraction of sp³-hybridized carbons (Fsp3) is 0.619. The third-order valence-electron chi connectivity index (χ3n) is 5.50. The molecule has 142 valence electrons. The van der Waals surface area contributed by atoms with Gasteiger partial charge in [-0.25, -0.2) is 0 Å². The molecule has 5 nitrogen and oxygen atoms in total. The van der Waals surface area contributed by atoms with Crippen molar-refractivity contribution in [3.63, 3.8) is 0 Å². The number of carbonyl (C=O) groups excluding carboxylic acids is 2. The lowest BCUT2D eigenvalue weighted by atomic mass is 9.81. The van der Waals surface area contributed by atoms with E-state index in [0.29, 0.717) is 32.0 Å². The van der Waals surface area contributed by atoms with Crippen LogP contribution in [0.15, 0.2) is 30.3 Å². The van der Waals surface area contributed by atoms with Crippen LogP contribution in [0.5, 0.6) is 0 Å². The van der Waals surface area contributed by atoms with E-state index in [0.717, 1.165) is 18.4 Å². The van der Waals surface area contributed by atoms with E-state index in [2.05, 4.69) is 17.4 Å². The molecule has 2 aliphatic rings. The Morgan fingerprint density at radius 2 is 1.73 bits per heavy atom. The van der Waals surface area contributed by atoms with E-state index in [-0.39, 0.29) is 30.4 Å². The second-order valence-electron chi connectivity index (χ2n) is 7.35. The molecule has 0 bridgehead atoms. The Morgan fingerprint density at radius 3 is 2.42 bits per heavy atom. The number of ether oxygens (including phenoxy) is 2. The van der Waals surface area contributed by atoms with Gasteiger partial charge in [-0.2, -0.15) is 0 Å². The molecule has 1 aliphatic heterocycles. The van der Waals surface area contributed by atoms with Gasteiger partial charge in [-0.1, -0.05) is 49.6 Å². The average Bonchev–Trinajstić information content (AvgIpc) is 2.72. The summed E-state index contributed by atoms with van der Waals surface area (Å²) in [4.78, 5) is 24.5. The lowest BCUT2D eigenvalue weighted by molar-refractivity contribution is -0.155. The van der Waals surface area contributed by atoms with Crippen LogP contribution < -0.4 is 5.32 Å². The van der Waals surface area contributed by atoms with Crippen molar-refractivity contribution >= 4 is 11.9 Å². The van der Waals surface area contributed by atoms with Gasteiger partial charge in [0, 0.05) is 13.2 Å². The molecule has 1 unspecified atom stereocenters. The van der Waals surface area contributed by atoms with Gasteiger partial charge in [0.25, 0.3) is 5.91 Å². The predicted molar refractivity (Wildman–Crippen MR) is 98.4 cm³/mol. The second-order valence-corrected chi connectivity index (χ2v) is 7.35.